The Morgan fingerprint density at radius 2 is 1.75 bits per heavy atom. The second-order valence-corrected chi connectivity index (χ2v) is 7.36. The van der Waals surface area contributed by atoms with Gasteiger partial charge in [-0.2, -0.15) is 0 Å². The largest absolute Gasteiger partial charge is 0.394 e. The molecule has 0 saturated heterocycles. The van der Waals surface area contributed by atoms with Crippen LogP contribution in [0.25, 0.3) is 0 Å². The van der Waals surface area contributed by atoms with E-state index in [9.17, 15) is 5.11 Å². The van der Waals surface area contributed by atoms with E-state index in [2.05, 4.69) is 17.1 Å². The van der Waals surface area contributed by atoms with Gasteiger partial charge in [0.1, 0.15) is 0 Å². The van der Waals surface area contributed by atoms with Crippen LogP contribution in [0.2, 0.25) is 0 Å². The molecule has 0 bridgehead atoms. The van der Waals surface area contributed by atoms with Crippen LogP contribution < -0.4 is 5.32 Å². The van der Waals surface area contributed by atoms with E-state index < -0.39 is 0 Å². The van der Waals surface area contributed by atoms with Gasteiger partial charge in [-0.1, -0.05) is 26.2 Å². The van der Waals surface area contributed by atoms with Gasteiger partial charge in [0.05, 0.1) is 12.1 Å². The van der Waals surface area contributed by atoms with E-state index in [0.29, 0.717) is 18.6 Å². The number of aliphatic hydroxyl groups is 1. The van der Waals surface area contributed by atoms with Gasteiger partial charge < -0.3 is 10.4 Å². The molecular weight excluding hydrogens is 248 g/mol. The van der Waals surface area contributed by atoms with Crippen LogP contribution in [0, 0.1) is 5.92 Å². The van der Waals surface area contributed by atoms with E-state index in [4.69, 9.17) is 0 Å². The third-order valence-corrected chi connectivity index (χ3v) is 5.69. The van der Waals surface area contributed by atoms with E-state index in [1.165, 1.54) is 57.8 Å². The van der Waals surface area contributed by atoms with Crippen molar-refractivity contribution in [1.29, 1.82) is 0 Å². The van der Waals surface area contributed by atoms with Gasteiger partial charge in [-0.05, 0) is 51.0 Å². The Kier molecular flexibility index (Phi) is 4.68. The predicted octanol–water partition coefficient (Wildman–Crippen LogP) is 2.53. The molecular formula is C17H32N2O. The van der Waals surface area contributed by atoms with Crippen LogP contribution in [0.3, 0.4) is 0 Å². The van der Waals surface area contributed by atoms with Gasteiger partial charge in [0.15, 0.2) is 0 Å². The molecule has 0 heterocycles. The standard InChI is InChI=1S/C17H32N2O/c1-2-19(16-6-4-3-5-7-16)12-17(13-20,14-8-9-14)18-15-10-11-15/h14-16,18,20H,2-13H2,1H3. The van der Waals surface area contributed by atoms with E-state index in [0.717, 1.165) is 19.1 Å². The van der Waals surface area contributed by atoms with Crippen molar-refractivity contribution in [2.75, 3.05) is 19.7 Å². The van der Waals surface area contributed by atoms with Crippen molar-refractivity contribution in [3.63, 3.8) is 0 Å². The normalized spacial score (nSPS) is 27.8. The van der Waals surface area contributed by atoms with Gasteiger partial charge in [-0.3, -0.25) is 4.90 Å². The van der Waals surface area contributed by atoms with Gasteiger partial charge in [0, 0.05) is 18.6 Å². The molecule has 3 aliphatic rings. The summed E-state index contributed by atoms with van der Waals surface area (Å²) in [5.41, 5.74) is -0.00533. The first-order chi connectivity index (χ1) is 9.77. The maximum atomic E-state index is 10.1. The fraction of sp³-hybridized carbons (Fsp3) is 1.00. The third-order valence-electron chi connectivity index (χ3n) is 5.69. The van der Waals surface area contributed by atoms with Crippen molar-refractivity contribution >= 4 is 0 Å². The van der Waals surface area contributed by atoms with E-state index in [1.807, 2.05) is 0 Å². The highest BCUT2D eigenvalue weighted by atomic mass is 16.3. The summed E-state index contributed by atoms with van der Waals surface area (Å²) in [5.74, 6) is 0.714. The molecule has 0 aromatic rings. The molecule has 3 saturated carbocycles. The number of hydrogen-bond acceptors (Lipinski definition) is 3. The SMILES string of the molecule is CCN(CC(CO)(NC1CC1)C1CC1)C1CCCCC1. The van der Waals surface area contributed by atoms with Crippen LogP contribution >= 0.6 is 0 Å². The van der Waals surface area contributed by atoms with Crippen molar-refractivity contribution in [1.82, 2.24) is 10.2 Å². The number of nitrogens with one attached hydrogen (secondary N) is 1. The molecule has 3 fully saturated rings. The molecule has 20 heavy (non-hydrogen) atoms. The topological polar surface area (TPSA) is 35.5 Å². The molecule has 116 valence electrons. The van der Waals surface area contributed by atoms with Gasteiger partial charge in [0.2, 0.25) is 0 Å². The second kappa shape index (κ2) is 6.33. The molecule has 1 unspecified atom stereocenters. The molecule has 0 aliphatic heterocycles. The van der Waals surface area contributed by atoms with Crippen molar-refractivity contribution < 1.29 is 5.11 Å². The lowest BCUT2D eigenvalue weighted by molar-refractivity contribution is 0.0606. The fourth-order valence-corrected chi connectivity index (χ4v) is 4.10. The summed E-state index contributed by atoms with van der Waals surface area (Å²) >= 11 is 0. The molecule has 3 heteroatoms. The predicted molar refractivity (Wildman–Crippen MR) is 82.8 cm³/mol. The Morgan fingerprint density at radius 3 is 2.25 bits per heavy atom. The average molecular weight is 280 g/mol. The van der Waals surface area contributed by atoms with Crippen molar-refractivity contribution in [3.8, 4) is 0 Å². The monoisotopic (exact) mass is 280 g/mol. The van der Waals surface area contributed by atoms with Crippen LogP contribution in [0.4, 0.5) is 0 Å². The zero-order chi connectivity index (χ0) is 14.0. The summed E-state index contributed by atoms with van der Waals surface area (Å²) < 4.78 is 0. The zero-order valence-electron chi connectivity index (χ0n) is 13.1. The number of nitrogens with zero attached hydrogens (tertiary/aromatic N) is 1. The van der Waals surface area contributed by atoms with Gasteiger partial charge in [0.25, 0.3) is 0 Å². The molecule has 0 aromatic carbocycles. The van der Waals surface area contributed by atoms with Crippen molar-refractivity contribution in [2.45, 2.75) is 82.3 Å². The van der Waals surface area contributed by atoms with Crippen LogP contribution in [-0.2, 0) is 0 Å². The van der Waals surface area contributed by atoms with Crippen LogP contribution in [0.1, 0.15) is 64.7 Å². The summed E-state index contributed by atoms with van der Waals surface area (Å²) in [7, 11) is 0. The highest BCUT2D eigenvalue weighted by Gasteiger charge is 2.48. The first-order valence-corrected chi connectivity index (χ1v) is 8.90. The smallest absolute Gasteiger partial charge is 0.0628 e. The molecule has 0 spiro atoms. The minimum Gasteiger partial charge on any atom is -0.394 e. The minimum atomic E-state index is -0.00533. The molecule has 0 aromatic heterocycles. The molecule has 0 amide bonds. The summed E-state index contributed by atoms with van der Waals surface area (Å²) in [6.07, 6.45) is 12.2. The number of rotatable bonds is 8. The van der Waals surface area contributed by atoms with Crippen LogP contribution in [0.15, 0.2) is 0 Å². The van der Waals surface area contributed by atoms with Gasteiger partial charge >= 0.3 is 0 Å². The summed E-state index contributed by atoms with van der Waals surface area (Å²) in [6, 6.07) is 1.45. The fourth-order valence-electron chi connectivity index (χ4n) is 4.10. The van der Waals surface area contributed by atoms with E-state index in [-0.39, 0.29) is 5.54 Å². The summed E-state index contributed by atoms with van der Waals surface area (Å²) in [6.45, 7) is 4.80. The maximum absolute atomic E-state index is 10.1. The molecule has 3 aliphatic carbocycles. The minimum absolute atomic E-state index is 0.00533. The Balaban J connectivity index is 1.65. The molecule has 0 radical (unpaired) electrons. The third kappa shape index (κ3) is 3.37. The number of hydrogen-bond donors (Lipinski definition) is 2. The number of aliphatic hydroxyl groups excluding tert-OH is 1. The second-order valence-electron chi connectivity index (χ2n) is 7.36. The van der Waals surface area contributed by atoms with Crippen LogP contribution in [0.5, 0.6) is 0 Å². The Labute approximate surface area is 124 Å². The Hall–Kier alpha value is -0.120. The number of likely N-dealkylation sites (N-methyl/N-ethyl adjacent to an activating group) is 1. The Bertz CT molecular complexity index is 308. The molecule has 3 nitrogen and oxygen atoms in total. The van der Waals surface area contributed by atoms with Gasteiger partial charge in [-0.15, -0.1) is 0 Å². The van der Waals surface area contributed by atoms with Crippen molar-refractivity contribution in [3.05, 3.63) is 0 Å². The first kappa shape index (κ1) is 14.8. The van der Waals surface area contributed by atoms with Crippen molar-refractivity contribution in [2.24, 2.45) is 5.92 Å². The van der Waals surface area contributed by atoms with Gasteiger partial charge in [-0.25, -0.2) is 0 Å². The maximum Gasteiger partial charge on any atom is 0.0628 e. The lowest BCUT2D eigenvalue weighted by Gasteiger charge is -2.42. The highest BCUT2D eigenvalue weighted by Crippen LogP contribution is 2.42. The van der Waals surface area contributed by atoms with Crippen LogP contribution in [-0.4, -0.2) is 47.3 Å². The average Bonchev–Trinajstić information content (AvgIpc) is 3.38. The lowest BCUT2D eigenvalue weighted by Crippen LogP contribution is -2.60. The summed E-state index contributed by atoms with van der Waals surface area (Å²) in [5, 5.41) is 13.9. The molecule has 3 rings (SSSR count). The Morgan fingerprint density at radius 1 is 1.05 bits per heavy atom. The summed E-state index contributed by atoms with van der Waals surface area (Å²) in [4.78, 5) is 2.67. The van der Waals surface area contributed by atoms with E-state index in [1.54, 1.807) is 0 Å². The molecule has 2 N–H and O–H groups in total. The zero-order valence-corrected chi connectivity index (χ0v) is 13.1. The lowest BCUT2D eigenvalue weighted by atomic mass is 9.89. The molecule has 1 atom stereocenters. The quantitative estimate of drug-likeness (QED) is 0.717. The first-order valence-electron chi connectivity index (χ1n) is 8.90. The highest BCUT2D eigenvalue weighted by molar-refractivity contribution is 5.06. The van der Waals surface area contributed by atoms with E-state index >= 15 is 0 Å².